The fourth-order valence-electron chi connectivity index (χ4n) is 0.381. The van der Waals surface area contributed by atoms with Crippen molar-refractivity contribution in [3.8, 4) is 0 Å². The predicted octanol–water partition coefficient (Wildman–Crippen LogP) is -1.55. The fraction of sp³-hybridized carbons (Fsp3) is 0.667. The van der Waals surface area contributed by atoms with Crippen molar-refractivity contribution in [2.75, 3.05) is 6.52 Å². The predicted molar refractivity (Wildman–Crippen MR) is 45.5 cm³/mol. The van der Waals surface area contributed by atoms with Crippen molar-refractivity contribution in [2.24, 2.45) is 22.2 Å². The van der Waals surface area contributed by atoms with Crippen LogP contribution in [0.4, 0.5) is 0 Å². The normalized spacial score (nSPS) is 23.6. The molecule has 0 aromatic carbocycles. The molecule has 0 heterocycles. The standard InChI is InChI=1S/C6H14N4O2/c7-4(5(11)12)2-1-3-10-6(8)9/h4H,1-3,7H2,(H,11,12)(H4,8,9,10)/t4-/m0/s1/i1D,2D,3D/t1?,2?,3?,4-. The zero-order valence-corrected chi connectivity index (χ0v) is 6.34. The smallest absolute Gasteiger partial charge is 0.320 e. The Labute approximate surface area is 74.6 Å². The fourth-order valence-corrected chi connectivity index (χ4v) is 0.381. The minimum absolute atomic E-state index is 0.386. The van der Waals surface area contributed by atoms with Gasteiger partial charge in [0.25, 0.3) is 0 Å². The molecule has 0 aliphatic heterocycles. The van der Waals surface area contributed by atoms with Crippen molar-refractivity contribution in [2.45, 2.75) is 18.8 Å². The molecule has 70 valence electrons. The van der Waals surface area contributed by atoms with Crippen LogP contribution in [0.1, 0.15) is 16.9 Å². The summed E-state index contributed by atoms with van der Waals surface area (Å²) in [5.74, 6) is -1.78. The van der Waals surface area contributed by atoms with Crippen molar-refractivity contribution in [1.29, 1.82) is 0 Å². The van der Waals surface area contributed by atoms with Gasteiger partial charge in [0.15, 0.2) is 5.96 Å². The van der Waals surface area contributed by atoms with Crippen LogP contribution in [-0.4, -0.2) is 29.6 Å². The highest BCUT2D eigenvalue weighted by molar-refractivity contribution is 5.75. The van der Waals surface area contributed by atoms with Gasteiger partial charge in [-0.25, -0.2) is 0 Å². The lowest BCUT2D eigenvalue weighted by molar-refractivity contribution is -0.138. The van der Waals surface area contributed by atoms with Gasteiger partial charge in [-0.2, -0.15) is 0 Å². The first-order chi connectivity index (χ1) is 6.77. The van der Waals surface area contributed by atoms with Gasteiger partial charge in [0.1, 0.15) is 6.04 Å². The Morgan fingerprint density at radius 1 is 1.67 bits per heavy atom. The maximum Gasteiger partial charge on any atom is 0.320 e. The lowest BCUT2D eigenvalue weighted by Crippen LogP contribution is -2.30. The molecule has 6 nitrogen and oxygen atoms in total. The van der Waals surface area contributed by atoms with E-state index in [1.807, 2.05) is 0 Å². The Morgan fingerprint density at radius 3 is 2.67 bits per heavy atom. The number of rotatable bonds is 5. The van der Waals surface area contributed by atoms with E-state index in [0.717, 1.165) is 0 Å². The number of hydrogen-bond donors (Lipinski definition) is 4. The van der Waals surface area contributed by atoms with Crippen molar-refractivity contribution < 1.29 is 14.0 Å². The number of nitrogens with zero attached hydrogens (tertiary/aromatic N) is 1. The zero-order valence-electron chi connectivity index (χ0n) is 9.34. The minimum atomic E-state index is -1.53. The van der Waals surface area contributed by atoms with Gasteiger partial charge in [-0.3, -0.25) is 9.79 Å². The van der Waals surface area contributed by atoms with Gasteiger partial charge in [-0.05, 0) is 12.8 Å². The molecule has 0 amide bonds. The number of aliphatic imine (C=N–C) groups is 1. The molecule has 0 aliphatic carbocycles. The molecule has 12 heavy (non-hydrogen) atoms. The van der Waals surface area contributed by atoms with Crippen LogP contribution in [0.15, 0.2) is 4.99 Å². The number of carboxylic acid groups (broad SMARTS) is 1. The quantitative estimate of drug-likeness (QED) is 0.298. The molecule has 0 bridgehead atoms. The molecule has 4 atom stereocenters. The van der Waals surface area contributed by atoms with Crippen molar-refractivity contribution in [1.82, 2.24) is 0 Å². The van der Waals surface area contributed by atoms with E-state index in [4.69, 9.17) is 26.4 Å². The lowest BCUT2D eigenvalue weighted by atomic mass is 10.2. The first-order valence-corrected chi connectivity index (χ1v) is 3.11. The third-order valence-corrected chi connectivity index (χ3v) is 0.913. The monoisotopic (exact) mass is 177 g/mol. The van der Waals surface area contributed by atoms with Crippen LogP contribution < -0.4 is 17.2 Å². The molecule has 0 spiro atoms. The summed E-state index contributed by atoms with van der Waals surface area (Å²) >= 11 is 0. The summed E-state index contributed by atoms with van der Waals surface area (Å²) in [5.41, 5.74) is 15.1. The van der Waals surface area contributed by atoms with Crippen LogP contribution in [0.2, 0.25) is 0 Å². The second kappa shape index (κ2) is 5.36. The van der Waals surface area contributed by atoms with E-state index in [-0.39, 0.29) is 5.96 Å². The Morgan fingerprint density at radius 2 is 2.25 bits per heavy atom. The van der Waals surface area contributed by atoms with Crippen molar-refractivity contribution in [3.63, 3.8) is 0 Å². The van der Waals surface area contributed by atoms with Gasteiger partial charge in [0, 0.05) is 9.26 Å². The highest BCUT2D eigenvalue weighted by Gasteiger charge is 2.09. The molecule has 0 saturated carbocycles. The second-order valence-electron chi connectivity index (χ2n) is 1.95. The third kappa shape index (κ3) is 5.48. The molecule has 0 saturated heterocycles. The largest absolute Gasteiger partial charge is 0.480 e. The van der Waals surface area contributed by atoms with Gasteiger partial charge < -0.3 is 22.3 Å². The molecular weight excluding hydrogens is 160 g/mol. The Kier molecular flexibility index (Phi) is 2.79. The van der Waals surface area contributed by atoms with Crippen LogP contribution in [0.25, 0.3) is 0 Å². The van der Waals surface area contributed by atoms with Crippen LogP contribution in [0.5, 0.6) is 0 Å². The van der Waals surface area contributed by atoms with E-state index < -0.39 is 31.3 Å². The topological polar surface area (TPSA) is 128 Å². The molecular formula is C6H14N4O2. The summed E-state index contributed by atoms with van der Waals surface area (Å²) in [7, 11) is 0. The van der Waals surface area contributed by atoms with Crippen LogP contribution >= 0.6 is 0 Å². The SMILES string of the molecule is [2H]C(N=C(N)N)C([2H])C([2H])[C@H](N)C(=O)O. The third-order valence-electron chi connectivity index (χ3n) is 0.913. The van der Waals surface area contributed by atoms with Crippen molar-refractivity contribution >= 4 is 11.9 Å². The summed E-state index contributed by atoms with van der Waals surface area (Å²) in [6.45, 7) is -1.41. The molecule has 0 fully saturated rings. The van der Waals surface area contributed by atoms with Crippen molar-refractivity contribution in [3.05, 3.63) is 0 Å². The van der Waals surface area contributed by atoms with Gasteiger partial charge >= 0.3 is 5.97 Å². The number of carboxylic acids is 1. The highest BCUT2D eigenvalue weighted by atomic mass is 16.4. The Hall–Kier alpha value is -1.30. The number of nitrogens with two attached hydrogens (primary N) is 3. The average molecular weight is 177 g/mol. The molecule has 0 aromatic heterocycles. The van der Waals surface area contributed by atoms with Gasteiger partial charge in [-0.15, -0.1) is 0 Å². The van der Waals surface area contributed by atoms with Gasteiger partial charge in [0.2, 0.25) is 0 Å². The van der Waals surface area contributed by atoms with E-state index >= 15 is 0 Å². The molecule has 0 aliphatic rings. The lowest BCUT2D eigenvalue weighted by Gasteiger charge is -2.03. The van der Waals surface area contributed by atoms with E-state index in [1.54, 1.807) is 0 Å². The summed E-state index contributed by atoms with van der Waals surface area (Å²) in [6, 6.07) is -1.53. The van der Waals surface area contributed by atoms with E-state index in [9.17, 15) is 4.79 Å². The number of hydrogen-bond acceptors (Lipinski definition) is 3. The minimum Gasteiger partial charge on any atom is -0.480 e. The van der Waals surface area contributed by atoms with Crippen LogP contribution in [0, 0.1) is 0 Å². The highest BCUT2D eigenvalue weighted by Crippen LogP contribution is 1.94. The molecule has 0 rings (SSSR count). The maximum absolute atomic E-state index is 10.4. The first-order valence-electron chi connectivity index (χ1n) is 4.84. The average Bonchev–Trinajstić information content (AvgIpc) is 2.13. The van der Waals surface area contributed by atoms with Gasteiger partial charge in [-0.1, -0.05) is 0 Å². The summed E-state index contributed by atoms with van der Waals surface area (Å²) < 4.78 is 22.0. The zero-order chi connectivity index (χ0) is 12.2. The van der Waals surface area contributed by atoms with E-state index in [2.05, 4.69) is 4.99 Å². The number of guanidine groups is 1. The Balaban J connectivity index is 4.50. The van der Waals surface area contributed by atoms with Gasteiger partial charge in [0.05, 0.1) is 1.37 Å². The van der Waals surface area contributed by atoms with E-state index in [0.29, 0.717) is 0 Å². The molecule has 3 unspecified atom stereocenters. The molecule has 0 radical (unpaired) electrons. The molecule has 0 aromatic rings. The maximum atomic E-state index is 10.4. The summed E-state index contributed by atoms with van der Waals surface area (Å²) in [4.78, 5) is 13.7. The molecule has 7 N–H and O–H groups in total. The number of aliphatic carboxylic acids is 1. The first kappa shape index (κ1) is 6.24. The Bertz CT molecular complexity index is 259. The molecule has 6 heteroatoms. The summed E-state index contributed by atoms with van der Waals surface area (Å²) in [5, 5.41) is 8.49. The van der Waals surface area contributed by atoms with Crippen LogP contribution in [0.3, 0.4) is 0 Å². The summed E-state index contributed by atoms with van der Waals surface area (Å²) in [6.07, 6.45) is -2.88. The van der Waals surface area contributed by atoms with Crippen LogP contribution in [-0.2, 0) is 4.79 Å². The number of carbonyl (C=O) groups is 1. The van der Waals surface area contributed by atoms with E-state index in [1.165, 1.54) is 0 Å². The second-order valence-corrected chi connectivity index (χ2v) is 1.95.